The number of nitrogen functional groups attached to an aromatic ring is 1. The van der Waals surface area contributed by atoms with E-state index in [1.54, 1.807) is 37.4 Å². The van der Waals surface area contributed by atoms with Crippen LogP contribution in [0.3, 0.4) is 0 Å². The molecule has 0 unspecified atom stereocenters. The third-order valence-electron chi connectivity index (χ3n) is 2.83. The fourth-order valence-electron chi connectivity index (χ4n) is 1.85. The molecule has 0 aliphatic rings. The minimum atomic E-state index is -0.344. The molecule has 3 N–H and O–H groups in total. The largest absolute Gasteiger partial charge is 0.397 e. The molecule has 0 saturated heterocycles. The van der Waals surface area contributed by atoms with Gasteiger partial charge < -0.3 is 15.6 Å². The quantitative estimate of drug-likeness (QED) is 0.816. The molecule has 1 aromatic carbocycles. The van der Waals surface area contributed by atoms with Crippen LogP contribution in [0.5, 0.6) is 0 Å². The van der Waals surface area contributed by atoms with Gasteiger partial charge in [-0.05, 0) is 47.1 Å². The number of carbonyl (C=O) groups excluding carboxylic acids is 1. The lowest BCUT2D eigenvalue weighted by Gasteiger charge is -2.10. The predicted molar refractivity (Wildman–Crippen MR) is 87.6 cm³/mol. The van der Waals surface area contributed by atoms with Crippen LogP contribution in [0.15, 0.2) is 39.7 Å². The highest BCUT2D eigenvalue weighted by atomic mass is 79.9. The van der Waals surface area contributed by atoms with Crippen molar-refractivity contribution in [1.82, 2.24) is 4.57 Å². The van der Waals surface area contributed by atoms with Gasteiger partial charge in [0.15, 0.2) is 0 Å². The molecule has 1 amide bonds. The second-order valence-electron chi connectivity index (χ2n) is 4.55. The molecule has 21 heavy (non-hydrogen) atoms. The van der Waals surface area contributed by atoms with Gasteiger partial charge in [0.1, 0.15) is 6.54 Å². The number of aromatic nitrogens is 1. The molecule has 2 aromatic rings. The maximum absolute atomic E-state index is 12.0. The van der Waals surface area contributed by atoms with Gasteiger partial charge in [-0.3, -0.25) is 9.59 Å². The maximum atomic E-state index is 12.0. The second kappa shape index (κ2) is 6.32. The Labute approximate surface area is 134 Å². The smallest absolute Gasteiger partial charge is 0.253 e. The topological polar surface area (TPSA) is 77.1 Å². The summed E-state index contributed by atoms with van der Waals surface area (Å²) in [7, 11) is 0. The van der Waals surface area contributed by atoms with Crippen molar-refractivity contribution in [3.8, 4) is 0 Å². The summed E-state index contributed by atoms with van der Waals surface area (Å²) in [6.45, 7) is 1.60. The summed E-state index contributed by atoms with van der Waals surface area (Å²) in [6, 6.07) is 6.49. The van der Waals surface area contributed by atoms with Gasteiger partial charge in [0, 0.05) is 21.3 Å². The summed E-state index contributed by atoms with van der Waals surface area (Å²) in [4.78, 5) is 24.0. The van der Waals surface area contributed by atoms with Crippen molar-refractivity contribution in [2.24, 2.45) is 0 Å². The Morgan fingerprint density at radius 3 is 2.81 bits per heavy atom. The molecule has 0 atom stereocenters. The van der Waals surface area contributed by atoms with E-state index in [9.17, 15) is 9.59 Å². The number of amides is 1. The first kappa shape index (κ1) is 15.6. The van der Waals surface area contributed by atoms with E-state index in [-0.39, 0.29) is 18.0 Å². The molecule has 7 heteroatoms. The normalized spacial score (nSPS) is 10.4. The second-order valence-corrected chi connectivity index (χ2v) is 5.91. The molecule has 1 heterocycles. The molecule has 1 aromatic heterocycles. The number of aryl methyl sites for hydroxylation is 1. The zero-order valence-electron chi connectivity index (χ0n) is 11.2. The number of rotatable bonds is 3. The van der Waals surface area contributed by atoms with Crippen LogP contribution in [0.25, 0.3) is 0 Å². The van der Waals surface area contributed by atoms with Crippen LogP contribution in [-0.2, 0) is 11.3 Å². The van der Waals surface area contributed by atoms with E-state index in [1.165, 1.54) is 4.57 Å². The van der Waals surface area contributed by atoms with Crippen molar-refractivity contribution in [3.05, 3.63) is 55.9 Å². The Bertz CT molecular complexity index is 758. The summed E-state index contributed by atoms with van der Waals surface area (Å²) in [5.41, 5.74) is 6.95. The molecule has 0 bridgehead atoms. The van der Waals surface area contributed by atoms with Crippen molar-refractivity contribution in [3.63, 3.8) is 0 Å². The van der Waals surface area contributed by atoms with Crippen molar-refractivity contribution in [1.29, 1.82) is 0 Å². The number of nitrogens with zero attached hydrogens (tertiary/aromatic N) is 1. The van der Waals surface area contributed by atoms with Gasteiger partial charge in [0.25, 0.3) is 5.56 Å². The average molecular weight is 371 g/mol. The number of anilines is 2. The Morgan fingerprint density at radius 1 is 1.43 bits per heavy atom. The first-order valence-electron chi connectivity index (χ1n) is 6.08. The number of carbonyl (C=O) groups is 1. The average Bonchev–Trinajstić information content (AvgIpc) is 2.38. The van der Waals surface area contributed by atoms with E-state index >= 15 is 0 Å². The number of benzene rings is 1. The molecule has 5 nitrogen and oxygen atoms in total. The van der Waals surface area contributed by atoms with E-state index in [0.717, 1.165) is 4.47 Å². The van der Waals surface area contributed by atoms with E-state index < -0.39 is 0 Å². The minimum absolute atomic E-state index is 0.0961. The van der Waals surface area contributed by atoms with Crippen molar-refractivity contribution < 1.29 is 4.79 Å². The van der Waals surface area contributed by atoms with Crippen LogP contribution in [0.4, 0.5) is 11.4 Å². The van der Waals surface area contributed by atoms with Gasteiger partial charge in [-0.25, -0.2) is 0 Å². The third kappa shape index (κ3) is 3.86. The number of halogens is 2. The number of nitrogens with one attached hydrogen (secondary N) is 1. The highest BCUT2D eigenvalue weighted by molar-refractivity contribution is 9.10. The van der Waals surface area contributed by atoms with Crippen molar-refractivity contribution in [2.45, 2.75) is 13.5 Å². The molecular formula is C14H13BrClN3O2. The number of hydrogen-bond donors (Lipinski definition) is 2. The zero-order valence-corrected chi connectivity index (χ0v) is 13.5. The van der Waals surface area contributed by atoms with Crippen LogP contribution in [0.1, 0.15) is 5.56 Å². The number of nitrogens with two attached hydrogens (primary N) is 1. The summed E-state index contributed by atoms with van der Waals surface area (Å²) in [6.07, 6.45) is 1.57. The van der Waals surface area contributed by atoms with E-state index in [4.69, 9.17) is 17.3 Å². The van der Waals surface area contributed by atoms with E-state index in [1.807, 2.05) is 0 Å². The Morgan fingerprint density at radius 2 is 2.14 bits per heavy atom. The molecule has 0 fully saturated rings. The maximum Gasteiger partial charge on any atom is 0.253 e. The Kier molecular flexibility index (Phi) is 4.69. The lowest BCUT2D eigenvalue weighted by atomic mass is 10.2. The molecule has 0 saturated carbocycles. The van der Waals surface area contributed by atoms with Crippen LogP contribution < -0.4 is 16.6 Å². The lowest BCUT2D eigenvalue weighted by Crippen LogP contribution is -2.28. The van der Waals surface area contributed by atoms with E-state index in [0.29, 0.717) is 22.0 Å². The summed E-state index contributed by atoms with van der Waals surface area (Å²) < 4.78 is 2.07. The summed E-state index contributed by atoms with van der Waals surface area (Å²) in [5, 5.41) is 3.14. The summed E-state index contributed by atoms with van der Waals surface area (Å²) in [5.74, 6) is -0.344. The monoisotopic (exact) mass is 369 g/mol. The Balaban J connectivity index is 2.17. The molecule has 0 aliphatic heterocycles. The third-order valence-corrected chi connectivity index (χ3v) is 3.50. The molecule has 0 radical (unpaired) electrons. The minimum Gasteiger partial charge on any atom is -0.397 e. The van der Waals surface area contributed by atoms with Crippen molar-refractivity contribution >= 4 is 44.8 Å². The highest BCUT2D eigenvalue weighted by Crippen LogP contribution is 2.22. The Hall–Kier alpha value is -1.79. The fourth-order valence-corrected chi connectivity index (χ4v) is 2.62. The van der Waals surface area contributed by atoms with Crippen LogP contribution in [0, 0.1) is 6.92 Å². The SMILES string of the molecule is Cc1cc(Br)cn(CC(=O)Nc2ccc(Cl)cc2N)c1=O. The first-order valence-corrected chi connectivity index (χ1v) is 7.25. The molecule has 0 spiro atoms. The van der Waals surface area contributed by atoms with Gasteiger partial charge in [0.05, 0.1) is 11.4 Å². The van der Waals surface area contributed by atoms with Crippen molar-refractivity contribution in [2.75, 3.05) is 11.1 Å². The fraction of sp³-hybridized carbons (Fsp3) is 0.143. The summed E-state index contributed by atoms with van der Waals surface area (Å²) >= 11 is 9.09. The molecule has 0 aliphatic carbocycles. The van der Waals surface area contributed by atoms with Gasteiger partial charge in [-0.2, -0.15) is 0 Å². The van der Waals surface area contributed by atoms with Gasteiger partial charge in [0.2, 0.25) is 5.91 Å². The van der Waals surface area contributed by atoms with Crippen LogP contribution in [-0.4, -0.2) is 10.5 Å². The van der Waals surface area contributed by atoms with Gasteiger partial charge in [-0.1, -0.05) is 11.6 Å². The lowest BCUT2D eigenvalue weighted by molar-refractivity contribution is -0.116. The van der Waals surface area contributed by atoms with Gasteiger partial charge >= 0.3 is 0 Å². The van der Waals surface area contributed by atoms with E-state index in [2.05, 4.69) is 21.2 Å². The first-order chi connectivity index (χ1) is 9.86. The zero-order chi connectivity index (χ0) is 15.6. The van der Waals surface area contributed by atoms with Crippen LogP contribution >= 0.6 is 27.5 Å². The molecule has 110 valence electrons. The number of hydrogen-bond acceptors (Lipinski definition) is 3. The molecule has 2 rings (SSSR count). The highest BCUT2D eigenvalue weighted by Gasteiger charge is 2.09. The predicted octanol–water partition coefficient (Wildman–Crippen LogP) is 2.79. The molecular weight excluding hydrogens is 358 g/mol. The van der Waals surface area contributed by atoms with Crippen LogP contribution in [0.2, 0.25) is 5.02 Å². The number of pyridine rings is 1. The standard InChI is InChI=1S/C14H13BrClN3O2/c1-8-4-9(15)6-19(14(8)21)7-13(20)18-12-3-2-10(16)5-11(12)17/h2-6H,7,17H2,1H3,(H,18,20). The van der Waals surface area contributed by atoms with Gasteiger partial charge in [-0.15, -0.1) is 0 Å².